The van der Waals surface area contributed by atoms with Gasteiger partial charge in [-0.2, -0.15) is 0 Å². The molecule has 134 valence electrons. The Hall–Kier alpha value is -1.18. The minimum Gasteiger partial charge on any atom is -0.479 e. The summed E-state index contributed by atoms with van der Waals surface area (Å²) in [4.78, 5) is 11.1. The summed E-state index contributed by atoms with van der Waals surface area (Å²) in [6, 6.07) is 5.08. The molecule has 1 aromatic carbocycles. The smallest absolute Gasteiger partial charge is 0.335 e. The van der Waals surface area contributed by atoms with Crippen molar-refractivity contribution < 1.29 is 37.8 Å². The molecule has 1 fully saturated rings. The lowest BCUT2D eigenvalue weighted by atomic mass is 9.99. The van der Waals surface area contributed by atoms with Gasteiger partial charge >= 0.3 is 5.97 Å². The number of rotatable bonds is 6. The standard InChI is InChI=1S/C14H18INO8/c1-16-7-4-6(5-22-15)2-3-8(7)23-14-11(19)9(17)10(18)12(24-14)13(20)21/h2-4,9-12,14,16-19H,5H2,1H3,(H,20,21)/t9-,10+,11+,12-,14+/m0/s1. The van der Waals surface area contributed by atoms with Gasteiger partial charge < -0.3 is 38.3 Å². The number of aliphatic hydroxyl groups is 3. The number of aliphatic hydroxyl groups excluding tert-OH is 3. The van der Waals surface area contributed by atoms with Gasteiger partial charge in [0.1, 0.15) is 47.1 Å². The second kappa shape index (κ2) is 8.27. The van der Waals surface area contributed by atoms with Crippen molar-refractivity contribution in [3.63, 3.8) is 0 Å². The summed E-state index contributed by atoms with van der Waals surface area (Å²) in [7, 11) is 1.66. The summed E-state index contributed by atoms with van der Waals surface area (Å²) in [5, 5.41) is 41.4. The highest BCUT2D eigenvalue weighted by Crippen LogP contribution is 2.30. The number of halogens is 1. The van der Waals surface area contributed by atoms with Crippen molar-refractivity contribution in [1.29, 1.82) is 0 Å². The fourth-order valence-electron chi connectivity index (χ4n) is 2.30. The van der Waals surface area contributed by atoms with E-state index in [9.17, 15) is 20.1 Å². The number of carboxylic acids is 1. The van der Waals surface area contributed by atoms with Crippen molar-refractivity contribution in [3.05, 3.63) is 23.8 Å². The number of carboxylic acid groups (broad SMARTS) is 1. The summed E-state index contributed by atoms with van der Waals surface area (Å²) < 4.78 is 15.6. The highest BCUT2D eigenvalue weighted by atomic mass is 127. The Balaban J connectivity index is 2.21. The van der Waals surface area contributed by atoms with Gasteiger partial charge in [0.15, 0.2) is 6.10 Å². The van der Waals surface area contributed by atoms with Crippen LogP contribution in [-0.4, -0.2) is 64.1 Å². The summed E-state index contributed by atoms with van der Waals surface area (Å²) in [5.74, 6) is -1.18. The first kappa shape index (κ1) is 19.1. The SMILES string of the molecule is CNc1cc(COI)ccc1O[C@@H]1O[C@H](C(=O)O)[C@H](O)[C@H](O)[C@H]1O. The van der Waals surface area contributed by atoms with Crippen molar-refractivity contribution >= 4 is 34.7 Å². The van der Waals surface area contributed by atoms with Gasteiger partial charge in [-0.3, -0.25) is 0 Å². The number of carbonyl (C=O) groups is 1. The molecule has 9 nitrogen and oxygen atoms in total. The third-order valence-corrected chi connectivity index (χ3v) is 3.90. The molecule has 2 rings (SSSR count). The number of ether oxygens (including phenoxy) is 2. The van der Waals surface area contributed by atoms with Crippen LogP contribution >= 0.6 is 23.0 Å². The van der Waals surface area contributed by atoms with Crippen molar-refractivity contribution in [3.8, 4) is 5.75 Å². The van der Waals surface area contributed by atoms with Gasteiger partial charge in [0, 0.05) is 7.05 Å². The maximum Gasteiger partial charge on any atom is 0.335 e. The van der Waals surface area contributed by atoms with Crippen LogP contribution in [0, 0.1) is 0 Å². The molecule has 0 spiro atoms. The highest BCUT2D eigenvalue weighted by Gasteiger charge is 2.48. The molecule has 10 heteroatoms. The Morgan fingerprint density at radius 1 is 1.29 bits per heavy atom. The molecule has 0 aliphatic carbocycles. The highest BCUT2D eigenvalue weighted by molar-refractivity contribution is 14.1. The third kappa shape index (κ3) is 4.07. The molecule has 0 saturated carbocycles. The van der Waals surface area contributed by atoms with Gasteiger partial charge in [-0.1, -0.05) is 6.07 Å². The summed E-state index contributed by atoms with van der Waals surface area (Å²) >= 11 is 1.77. The normalized spacial score (nSPS) is 30.0. The molecule has 5 atom stereocenters. The van der Waals surface area contributed by atoms with Crippen LogP contribution in [0.25, 0.3) is 0 Å². The fraction of sp³-hybridized carbons (Fsp3) is 0.500. The first-order valence-electron chi connectivity index (χ1n) is 7.02. The predicted molar refractivity (Wildman–Crippen MR) is 89.7 cm³/mol. The molecule has 0 aromatic heterocycles. The molecule has 5 N–H and O–H groups in total. The molecular weight excluding hydrogens is 437 g/mol. The van der Waals surface area contributed by atoms with E-state index in [0.29, 0.717) is 12.3 Å². The predicted octanol–water partition coefficient (Wildman–Crippen LogP) is -0.134. The number of aliphatic carboxylic acids is 1. The Bertz CT molecular complexity index is 586. The van der Waals surface area contributed by atoms with E-state index >= 15 is 0 Å². The van der Waals surface area contributed by atoms with E-state index in [1.807, 2.05) is 0 Å². The third-order valence-electron chi connectivity index (χ3n) is 3.59. The maximum absolute atomic E-state index is 11.1. The van der Waals surface area contributed by atoms with E-state index in [4.69, 9.17) is 17.6 Å². The topological polar surface area (TPSA) is 138 Å². The second-order valence-electron chi connectivity index (χ2n) is 5.19. The molecule has 1 saturated heterocycles. The van der Waals surface area contributed by atoms with Crippen LogP contribution in [0.3, 0.4) is 0 Å². The van der Waals surface area contributed by atoms with Gasteiger partial charge in [-0.25, -0.2) is 4.79 Å². The minimum absolute atomic E-state index is 0.284. The van der Waals surface area contributed by atoms with E-state index in [0.717, 1.165) is 5.56 Å². The zero-order valence-electron chi connectivity index (χ0n) is 12.6. The molecule has 0 unspecified atom stereocenters. The lowest BCUT2D eigenvalue weighted by Gasteiger charge is -2.38. The van der Waals surface area contributed by atoms with E-state index in [-0.39, 0.29) is 5.75 Å². The van der Waals surface area contributed by atoms with Crippen LogP contribution in [-0.2, 0) is 19.2 Å². The first-order valence-corrected chi connectivity index (χ1v) is 7.90. The maximum atomic E-state index is 11.1. The molecule has 24 heavy (non-hydrogen) atoms. The van der Waals surface area contributed by atoms with Crippen LogP contribution < -0.4 is 10.1 Å². The molecule has 0 bridgehead atoms. The Morgan fingerprint density at radius 2 is 2.00 bits per heavy atom. The quantitative estimate of drug-likeness (QED) is 0.372. The summed E-state index contributed by atoms with van der Waals surface area (Å²) in [6.07, 6.45) is -8.25. The van der Waals surface area contributed by atoms with Crippen molar-refractivity contribution in [2.45, 2.75) is 37.3 Å². The van der Waals surface area contributed by atoms with Crippen LogP contribution in [0.1, 0.15) is 5.56 Å². The van der Waals surface area contributed by atoms with Gasteiger partial charge in [-0.05, 0) is 17.7 Å². The monoisotopic (exact) mass is 455 g/mol. The van der Waals surface area contributed by atoms with Crippen molar-refractivity contribution in [2.75, 3.05) is 12.4 Å². The molecule has 0 amide bonds. The summed E-state index contributed by atoms with van der Waals surface area (Å²) in [6.45, 7) is 0.379. The molecule has 1 aliphatic rings. The number of nitrogens with one attached hydrogen (secondary N) is 1. The second-order valence-corrected chi connectivity index (χ2v) is 5.81. The molecule has 1 aromatic rings. The van der Waals surface area contributed by atoms with E-state index in [2.05, 4.69) is 5.32 Å². The van der Waals surface area contributed by atoms with E-state index in [1.165, 1.54) is 0 Å². The molecule has 1 aliphatic heterocycles. The minimum atomic E-state index is -1.76. The average Bonchev–Trinajstić information content (AvgIpc) is 2.56. The zero-order chi connectivity index (χ0) is 17.9. The number of hydrogen-bond donors (Lipinski definition) is 5. The van der Waals surface area contributed by atoms with Crippen LogP contribution in [0.2, 0.25) is 0 Å². The van der Waals surface area contributed by atoms with Gasteiger partial charge in [0.25, 0.3) is 0 Å². The molecular formula is C14H18INO8. The van der Waals surface area contributed by atoms with Gasteiger partial charge in [-0.15, -0.1) is 0 Å². The number of anilines is 1. The van der Waals surface area contributed by atoms with Crippen LogP contribution in [0.4, 0.5) is 5.69 Å². The fourth-order valence-corrected chi connectivity index (χ4v) is 2.66. The number of hydrogen-bond acceptors (Lipinski definition) is 8. The lowest BCUT2D eigenvalue weighted by molar-refractivity contribution is -0.271. The van der Waals surface area contributed by atoms with Gasteiger partial charge in [0.2, 0.25) is 6.29 Å². The van der Waals surface area contributed by atoms with Crippen molar-refractivity contribution in [1.82, 2.24) is 0 Å². The molecule has 0 radical (unpaired) electrons. The van der Waals surface area contributed by atoms with Gasteiger partial charge in [0.05, 0.1) is 12.3 Å². The number of benzene rings is 1. The lowest BCUT2D eigenvalue weighted by Crippen LogP contribution is -2.61. The Labute approximate surface area is 151 Å². The Kier molecular flexibility index (Phi) is 6.60. The molecule has 1 heterocycles. The zero-order valence-corrected chi connectivity index (χ0v) is 14.8. The largest absolute Gasteiger partial charge is 0.479 e. The van der Waals surface area contributed by atoms with Crippen LogP contribution in [0.5, 0.6) is 5.75 Å². The van der Waals surface area contributed by atoms with E-state index < -0.39 is 36.7 Å². The average molecular weight is 455 g/mol. The Morgan fingerprint density at radius 3 is 2.58 bits per heavy atom. The first-order chi connectivity index (χ1) is 11.4. The summed E-state index contributed by atoms with van der Waals surface area (Å²) in [5.41, 5.74) is 1.43. The van der Waals surface area contributed by atoms with Crippen LogP contribution in [0.15, 0.2) is 18.2 Å². The van der Waals surface area contributed by atoms with E-state index in [1.54, 1.807) is 48.3 Å². The van der Waals surface area contributed by atoms with Crippen molar-refractivity contribution in [2.24, 2.45) is 0 Å².